The van der Waals surface area contributed by atoms with Gasteiger partial charge in [-0.05, 0) is 35.1 Å². The summed E-state index contributed by atoms with van der Waals surface area (Å²) in [4.78, 5) is 37.2. The first-order valence-electron chi connectivity index (χ1n) is 13.8. The van der Waals surface area contributed by atoms with E-state index < -0.39 is 23.7 Å². The number of halogens is 2. The number of morpholine rings is 1. The molecular formula is C30H33FIN5O4. The van der Waals surface area contributed by atoms with E-state index in [0.717, 1.165) is 21.1 Å². The van der Waals surface area contributed by atoms with Crippen molar-refractivity contribution in [3.63, 3.8) is 0 Å². The van der Waals surface area contributed by atoms with E-state index in [1.165, 1.54) is 11.9 Å². The number of aromatic nitrogens is 2. The molecule has 3 heterocycles. The number of anilines is 2. The average Bonchev–Trinajstić information content (AvgIpc) is 3.01. The van der Waals surface area contributed by atoms with Gasteiger partial charge in [-0.2, -0.15) is 4.39 Å². The van der Waals surface area contributed by atoms with Gasteiger partial charge in [0, 0.05) is 37.0 Å². The first-order valence-corrected chi connectivity index (χ1v) is 15.3. The molecule has 0 saturated carbocycles. The van der Waals surface area contributed by atoms with E-state index in [0.29, 0.717) is 45.7 Å². The van der Waals surface area contributed by atoms with Gasteiger partial charge in [0.1, 0.15) is 12.4 Å². The van der Waals surface area contributed by atoms with Gasteiger partial charge in [0.2, 0.25) is 11.7 Å². The number of carbonyl (C=O) groups excluding carboxylic acids is 1. The predicted octanol–water partition coefficient (Wildman–Crippen LogP) is 4.08. The highest BCUT2D eigenvalue weighted by atomic mass is 127. The lowest BCUT2D eigenvalue weighted by molar-refractivity contribution is -0.142. The second-order valence-corrected chi connectivity index (χ2v) is 11.1. The quantitative estimate of drug-likeness (QED) is 0.259. The van der Waals surface area contributed by atoms with Gasteiger partial charge in [0.05, 0.1) is 19.1 Å². The molecule has 2 saturated heterocycles. The Balaban J connectivity index is 1.22. The minimum Gasteiger partial charge on any atom is -0.480 e. The van der Waals surface area contributed by atoms with Crippen LogP contribution in [0.15, 0.2) is 54.9 Å². The Labute approximate surface area is 252 Å². The maximum Gasteiger partial charge on any atom is 0.326 e. The van der Waals surface area contributed by atoms with Crippen molar-refractivity contribution in [1.29, 1.82) is 0 Å². The van der Waals surface area contributed by atoms with E-state index in [1.807, 2.05) is 29.2 Å². The Bertz CT molecular complexity index is 1350. The summed E-state index contributed by atoms with van der Waals surface area (Å²) in [6, 6.07) is 15.0. The molecule has 1 aromatic heterocycles. The number of carboxylic acids is 1. The summed E-state index contributed by atoms with van der Waals surface area (Å²) in [5.74, 6) is -2.04. The standard InChI is InChI=1S/C30H33FIN5O4/c31-26-27(36-12-14-41-15-13-36)33-19-34-28(26)37-11-1-2-24(18-37)29(38)35-25(30(39)40)16-20-3-7-22(8-4-20)23-9-5-21(17-32)6-10-23/h3-10,19,24-25H,1-2,11-18H2,(H,35,38)(H,39,40)/t24?,25-/m0/s1. The van der Waals surface area contributed by atoms with Gasteiger partial charge in [0.25, 0.3) is 0 Å². The first kappa shape index (κ1) is 29.2. The lowest BCUT2D eigenvalue weighted by Gasteiger charge is -2.34. The van der Waals surface area contributed by atoms with Gasteiger partial charge < -0.3 is 25.0 Å². The number of amides is 1. The van der Waals surface area contributed by atoms with Gasteiger partial charge in [0.15, 0.2) is 11.6 Å². The molecule has 5 rings (SSSR count). The highest BCUT2D eigenvalue weighted by molar-refractivity contribution is 14.1. The van der Waals surface area contributed by atoms with E-state index in [4.69, 9.17) is 4.74 Å². The molecule has 2 atom stereocenters. The van der Waals surface area contributed by atoms with Gasteiger partial charge in [-0.25, -0.2) is 14.8 Å². The molecule has 2 aliphatic rings. The smallest absolute Gasteiger partial charge is 0.326 e. The van der Waals surface area contributed by atoms with E-state index in [9.17, 15) is 14.7 Å². The molecule has 2 aliphatic heterocycles. The Hall–Kier alpha value is -3.32. The fourth-order valence-electron chi connectivity index (χ4n) is 5.30. The van der Waals surface area contributed by atoms with Crippen molar-refractivity contribution in [2.24, 2.45) is 5.92 Å². The fourth-order valence-corrected chi connectivity index (χ4v) is 5.80. The summed E-state index contributed by atoms with van der Waals surface area (Å²) in [5, 5.41) is 12.6. The molecule has 0 spiro atoms. The molecule has 0 radical (unpaired) electrons. The van der Waals surface area contributed by atoms with Crippen LogP contribution in [0.5, 0.6) is 0 Å². The first-order chi connectivity index (χ1) is 19.9. The van der Waals surface area contributed by atoms with E-state index in [2.05, 4.69) is 62.1 Å². The zero-order valence-corrected chi connectivity index (χ0v) is 24.8. The highest BCUT2D eigenvalue weighted by Gasteiger charge is 2.32. The normalized spacial score (nSPS) is 18.1. The third-order valence-corrected chi connectivity index (χ3v) is 8.49. The van der Waals surface area contributed by atoms with Gasteiger partial charge >= 0.3 is 5.97 Å². The molecular weight excluding hydrogens is 640 g/mol. The Kier molecular flexibility index (Phi) is 9.65. The molecule has 2 N–H and O–H groups in total. The number of benzene rings is 2. The number of aliphatic carboxylic acids is 1. The highest BCUT2D eigenvalue weighted by Crippen LogP contribution is 2.29. The van der Waals surface area contributed by atoms with Crippen molar-refractivity contribution in [2.45, 2.75) is 29.7 Å². The number of piperidine rings is 1. The van der Waals surface area contributed by atoms with E-state index in [-0.39, 0.29) is 30.5 Å². The number of nitrogens with zero attached hydrogens (tertiary/aromatic N) is 4. The molecule has 2 aromatic carbocycles. The zero-order chi connectivity index (χ0) is 28.8. The van der Waals surface area contributed by atoms with Crippen LogP contribution in [0.3, 0.4) is 0 Å². The third-order valence-electron chi connectivity index (χ3n) is 7.60. The van der Waals surface area contributed by atoms with Crippen LogP contribution in [-0.2, 0) is 25.2 Å². The van der Waals surface area contributed by atoms with Crippen molar-refractivity contribution >= 4 is 46.1 Å². The monoisotopic (exact) mass is 673 g/mol. The van der Waals surface area contributed by atoms with Crippen molar-refractivity contribution in [1.82, 2.24) is 15.3 Å². The fraction of sp³-hybridized carbons (Fsp3) is 0.400. The molecule has 0 aliphatic carbocycles. The van der Waals surface area contributed by atoms with Crippen LogP contribution in [0.1, 0.15) is 24.0 Å². The lowest BCUT2D eigenvalue weighted by atomic mass is 9.95. The van der Waals surface area contributed by atoms with Crippen LogP contribution < -0.4 is 15.1 Å². The topological polar surface area (TPSA) is 108 Å². The lowest BCUT2D eigenvalue weighted by Crippen LogP contribution is -2.49. The third kappa shape index (κ3) is 7.13. The van der Waals surface area contributed by atoms with Gasteiger partial charge in [-0.3, -0.25) is 4.79 Å². The second kappa shape index (κ2) is 13.6. The summed E-state index contributed by atoms with van der Waals surface area (Å²) in [5.41, 5.74) is 4.20. The van der Waals surface area contributed by atoms with E-state index >= 15 is 4.39 Å². The van der Waals surface area contributed by atoms with Crippen LogP contribution in [0.25, 0.3) is 11.1 Å². The Morgan fingerprint density at radius 3 is 2.20 bits per heavy atom. The molecule has 3 aromatic rings. The number of hydrogen-bond donors (Lipinski definition) is 2. The van der Waals surface area contributed by atoms with E-state index in [1.54, 1.807) is 4.90 Å². The van der Waals surface area contributed by atoms with Crippen LogP contribution in [-0.4, -0.2) is 72.4 Å². The van der Waals surface area contributed by atoms with Crippen molar-refractivity contribution in [3.8, 4) is 11.1 Å². The molecule has 0 bridgehead atoms. The number of rotatable bonds is 9. The number of hydrogen-bond acceptors (Lipinski definition) is 7. The number of ether oxygens (including phenoxy) is 1. The minimum atomic E-state index is -1.10. The number of carbonyl (C=O) groups is 2. The minimum absolute atomic E-state index is 0.162. The number of alkyl halides is 1. The zero-order valence-electron chi connectivity index (χ0n) is 22.6. The van der Waals surface area contributed by atoms with Crippen molar-refractivity contribution in [2.75, 3.05) is 49.2 Å². The maximum atomic E-state index is 15.5. The van der Waals surface area contributed by atoms with Crippen LogP contribution in [0.4, 0.5) is 16.0 Å². The molecule has 11 heteroatoms. The summed E-state index contributed by atoms with van der Waals surface area (Å²) in [6.45, 7) is 2.90. The Morgan fingerprint density at radius 1 is 0.976 bits per heavy atom. The molecule has 1 unspecified atom stereocenters. The Morgan fingerprint density at radius 2 is 1.59 bits per heavy atom. The summed E-state index contributed by atoms with van der Waals surface area (Å²) >= 11 is 2.33. The second-order valence-electron chi connectivity index (χ2n) is 10.4. The number of carboxylic acid groups (broad SMARTS) is 1. The van der Waals surface area contributed by atoms with Crippen molar-refractivity contribution < 1.29 is 23.8 Å². The van der Waals surface area contributed by atoms with Crippen LogP contribution in [0, 0.1) is 11.7 Å². The molecule has 9 nitrogen and oxygen atoms in total. The molecule has 1 amide bonds. The maximum absolute atomic E-state index is 15.5. The summed E-state index contributed by atoms with van der Waals surface area (Å²) < 4.78 is 21.8. The van der Waals surface area contributed by atoms with Crippen LogP contribution >= 0.6 is 22.6 Å². The van der Waals surface area contributed by atoms with Gasteiger partial charge in [-0.1, -0.05) is 71.1 Å². The molecule has 216 valence electrons. The summed E-state index contributed by atoms with van der Waals surface area (Å²) in [7, 11) is 0. The number of nitrogens with one attached hydrogen (secondary N) is 1. The van der Waals surface area contributed by atoms with Gasteiger partial charge in [-0.15, -0.1) is 0 Å². The molecule has 41 heavy (non-hydrogen) atoms. The average molecular weight is 674 g/mol. The summed E-state index contributed by atoms with van der Waals surface area (Å²) in [6.07, 6.45) is 2.75. The largest absolute Gasteiger partial charge is 0.480 e. The van der Waals surface area contributed by atoms with Crippen LogP contribution in [0.2, 0.25) is 0 Å². The SMILES string of the molecule is O=C(N[C@@H](Cc1ccc(-c2ccc(CI)cc2)cc1)C(=O)O)C1CCCN(c2ncnc(N3CCOCC3)c2F)C1. The van der Waals surface area contributed by atoms with Crippen molar-refractivity contribution in [3.05, 3.63) is 71.8 Å². The molecule has 2 fully saturated rings. The predicted molar refractivity (Wildman–Crippen MR) is 163 cm³/mol.